The van der Waals surface area contributed by atoms with E-state index in [-0.39, 0.29) is 11.3 Å². The second-order valence-corrected chi connectivity index (χ2v) is 7.58. The number of aromatic nitrogens is 2. The fraction of sp³-hybridized carbons (Fsp3) is 0.333. The molecule has 1 amide bonds. The molecule has 1 fully saturated rings. The van der Waals surface area contributed by atoms with Crippen LogP contribution in [0.2, 0.25) is 0 Å². The molecule has 1 aliphatic rings. The fourth-order valence-corrected chi connectivity index (χ4v) is 4.23. The van der Waals surface area contributed by atoms with E-state index < -0.39 is 0 Å². The zero-order chi connectivity index (χ0) is 20.1. The summed E-state index contributed by atoms with van der Waals surface area (Å²) >= 11 is 0. The molecule has 0 radical (unpaired) electrons. The van der Waals surface area contributed by atoms with Crippen molar-refractivity contribution in [1.29, 1.82) is 0 Å². The van der Waals surface area contributed by atoms with Gasteiger partial charge < -0.3 is 10.1 Å². The number of ether oxygens (including phenoxy) is 1. The van der Waals surface area contributed by atoms with Crippen molar-refractivity contribution in [3.8, 4) is 11.6 Å². The van der Waals surface area contributed by atoms with Crippen LogP contribution in [0.1, 0.15) is 48.7 Å². The van der Waals surface area contributed by atoms with Gasteiger partial charge in [-0.25, -0.2) is 4.68 Å². The van der Waals surface area contributed by atoms with Crippen LogP contribution < -0.4 is 10.1 Å². The predicted octanol–water partition coefficient (Wildman–Crippen LogP) is 4.51. The summed E-state index contributed by atoms with van der Waals surface area (Å²) in [5.74, 6) is 0.408. The standard InChI is InChI=1S/C24H27N3O2/c1-2-29-22-17-21(26-27(22)20-13-7-4-8-14-20)23(28)25-18-24(15-9-10-16-24)19-11-5-3-6-12-19/h3-8,11-14,17H,2,9-10,15-16,18H2,1H3,(H,25,28). The highest BCUT2D eigenvalue weighted by Gasteiger charge is 2.36. The normalized spacial score (nSPS) is 15.2. The van der Waals surface area contributed by atoms with Gasteiger partial charge in [0.2, 0.25) is 5.88 Å². The Balaban J connectivity index is 1.54. The predicted molar refractivity (Wildman–Crippen MR) is 114 cm³/mol. The first-order valence-electron chi connectivity index (χ1n) is 10.3. The molecular weight excluding hydrogens is 362 g/mol. The van der Waals surface area contributed by atoms with E-state index in [0.29, 0.717) is 24.7 Å². The lowest BCUT2D eigenvalue weighted by atomic mass is 9.79. The highest BCUT2D eigenvalue weighted by Crippen LogP contribution is 2.40. The Morgan fingerprint density at radius 1 is 1.07 bits per heavy atom. The van der Waals surface area contributed by atoms with Gasteiger partial charge in [-0.2, -0.15) is 5.10 Å². The van der Waals surface area contributed by atoms with Gasteiger partial charge in [-0.15, -0.1) is 0 Å². The molecule has 4 rings (SSSR count). The van der Waals surface area contributed by atoms with E-state index in [9.17, 15) is 4.79 Å². The molecule has 5 nitrogen and oxygen atoms in total. The number of benzene rings is 2. The lowest BCUT2D eigenvalue weighted by molar-refractivity contribution is 0.0937. The second kappa shape index (κ2) is 8.52. The first kappa shape index (κ1) is 19.2. The Labute approximate surface area is 171 Å². The number of nitrogens with one attached hydrogen (secondary N) is 1. The summed E-state index contributed by atoms with van der Waals surface area (Å²) in [5, 5.41) is 7.66. The summed E-state index contributed by atoms with van der Waals surface area (Å²) in [6, 6.07) is 22.0. The zero-order valence-electron chi connectivity index (χ0n) is 16.8. The molecule has 0 atom stereocenters. The van der Waals surface area contributed by atoms with E-state index in [1.54, 1.807) is 10.7 Å². The molecule has 0 aliphatic heterocycles. The van der Waals surface area contributed by atoms with Gasteiger partial charge in [0.1, 0.15) is 0 Å². The van der Waals surface area contributed by atoms with Gasteiger partial charge in [0.15, 0.2) is 5.69 Å². The Kier molecular flexibility index (Phi) is 5.65. The van der Waals surface area contributed by atoms with Gasteiger partial charge >= 0.3 is 0 Å². The van der Waals surface area contributed by atoms with E-state index in [1.807, 2.05) is 43.3 Å². The van der Waals surface area contributed by atoms with Crippen molar-refractivity contribution in [2.75, 3.05) is 13.2 Å². The van der Waals surface area contributed by atoms with Gasteiger partial charge in [0.05, 0.1) is 12.3 Å². The largest absolute Gasteiger partial charge is 0.478 e. The van der Waals surface area contributed by atoms with Crippen molar-refractivity contribution in [2.45, 2.75) is 38.0 Å². The van der Waals surface area contributed by atoms with E-state index in [4.69, 9.17) is 4.74 Å². The molecule has 0 spiro atoms. The molecule has 5 heteroatoms. The number of nitrogens with zero attached hydrogens (tertiary/aromatic N) is 2. The third-order valence-corrected chi connectivity index (χ3v) is 5.74. The Hall–Kier alpha value is -3.08. The van der Waals surface area contributed by atoms with Crippen molar-refractivity contribution in [3.63, 3.8) is 0 Å². The molecular formula is C24H27N3O2. The maximum Gasteiger partial charge on any atom is 0.271 e. The molecule has 1 heterocycles. The Morgan fingerprint density at radius 2 is 1.72 bits per heavy atom. The number of hydrogen-bond acceptors (Lipinski definition) is 3. The average Bonchev–Trinajstić information content (AvgIpc) is 3.42. The van der Waals surface area contributed by atoms with Gasteiger partial charge in [-0.1, -0.05) is 61.4 Å². The van der Waals surface area contributed by atoms with Gasteiger partial charge in [0.25, 0.3) is 5.91 Å². The van der Waals surface area contributed by atoms with Crippen LogP contribution in [0.15, 0.2) is 66.7 Å². The van der Waals surface area contributed by atoms with Gasteiger partial charge in [0, 0.05) is 18.0 Å². The van der Waals surface area contributed by atoms with E-state index in [2.05, 4.69) is 34.7 Å². The zero-order valence-corrected chi connectivity index (χ0v) is 16.8. The van der Waals surface area contributed by atoms with Crippen molar-refractivity contribution in [3.05, 3.63) is 78.0 Å². The van der Waals surface area contributed by atoms with Gasteiger partial charge in [-0.05, 0) is 37.5 Å². The summed E-state index contributed by atoms with van der Waals surface area (Å²) in [6.07, 6.45) is 4.59. The highest BCUT2D eigenvalue weighted by atomic mass is 16.5. The number of amides is 1. The fourth-order valence-electron chi connectivity index (χ4n) is 4.23. The summed E-state index contributed by atoms with van der Waals surface area (Å²) in [5.41, 5.74) is 2.56. The molecule has 1 N–H and O–H groups in total. The van der Waals surface area contributed by atoms with Crippen molar-refractivity contribution in [1.82, 2.24) is 15.1 Å². The Morgan fingerprint density at radius 3 is 2.38 bits per heavy atom. The summed E-state index contributed by atoms with van der Waals surface area (Å²) < 4.78 is 7.39. The average molecular weight is 389 g/mol. The number of hydrogen-bond donors (Lipinski definition) is 1. The second-order valence-electron chi connectivity index (χ2n) is 7.58. The number of carbonyl (C=O) groups is 1. The quantitative estimate of drug-likeness (QED) is 0.647. The van der Waals surface area contributed by atoms with Crippen LogP contribution in [-0.2, 0) is 5.41 Å². The molecule has 0 unspecified atom stereocenters. The van der Waals surface area contributed by atoms with Crippen molar-refractivity contribution < 1.29 is 9.53 Å². The molecule has 0 saturated heterocycles. The molecule has 29 heavy (non-hydrogen) atoms. The third-order valence-electron chi connectivity index (χ3n) is 5.74. The minimum Gasteiger partial charge on any atom is -0.478 e. The molecule has 1 saturated carbocycles. The maximum atomic E-state index is 12.9. The topological polar surface area (TPSA) is 56.1 Å². The van der Waals surface area contributed by atoms with Crippen LogP contribution in [0.3, 0.4) is 0 Å². The number of rotatable bonds is 7. The number of carbonyl (C=O) groups excluding carboxylic acids is 1. The van der Waals surface area contributed by atoms with Crippen molar-refractivity contribution in [2.24, 2.45) is 0 Å². The first-order chi connectivity index (χ1) is 14.2. The lowest BCUT2D eigenvalue weighted by Crippen LogP contribution is -2.39. The molecule has 1 aliphatic carbocycles. The SMILES string of the molecule is CCOc1cc(C(=O)NCC2(c3ccccc3)CCCC2)nn1-c1ccccc1. The van der Waals surface area contributed by atoms with Gasteiger partial charge in [-0.3, -0.25) is 4.79 Å². The van der Waals surface area contributed by atoms with Crippen LogP contribution in [0.25, 0.3) is 5.69 Å². The van der Waals surface area contributed by atoms with E-state index in [0.717, 1.165) is 18.5 Å². The lowest BCUT2D eigenvalue weighted by Gasteiger charge is -2.29. The highest BCUT2D eigenvalue weighted by molar-refractivity contribution is 5.92. The van der Waals surface area contributed by atoms with Crippen LogP contribution in [0, 0.1) is 0 Å². The molecule has 150 valence electrons. The molecule has 3 aromatic rings. The minimum absolute atomic E-state index is 0.0155. The van der Waals surface area contributed by atoms with Crippen LogP contribution in [0.5, 0.6) is 5.88 Å². The Bertz CT molecular complexity index is 945. The smallest absolute Gasteiger partial charge is 0.271 e. The van der Waals surface area contributed by atoms with E-state index in [1.165, 1.54) is 18.4 Å². The molecule has 2 aromatic carbocycles. The molecule has 0 bridgehead atoms. The van der Waals surface area contributed by atoms with Crippen LogP contribution in [-0.4, -0.2) is 28.8 Å². The summed E-state index contributed by atoms with van der Waals surface area (Å²) in [6.45, 7) is 3.06. The van der Waals surface area contributed by atoms with Crippen LogP contribution in [0.4, 0.5) is 0 Å². The minimum atomic E-state index is -0.164. The maximum absolute atomic E-state index is 12.9. The third kappa shape index (κ3) is 4.04. The van der Waals surface area contributed by atoms with E-state index >= 15 is 0 Å². The van der Waals surface area contributed by atoms with Crippen molar-refractivity contribution >= 4 is 5.91 Å². The monoisotopic (exact) mass is 389 g/mol. The molecule has 1 aromatic heterocycles. The number of para-hydroxylation sites is 1. The van der Waals surface area contributed by atoms with Crippen LogP contribution >= 0.6 is 0 Å². The summed E-state index contributed by atoms with van der Waals surface area (Å²) in [7, 11) is 0. The first-order valence-corrected chi connectivity index (χ1v) is 10.3. The summed E-state index contributed by atoms with van der Waals surface area (Å²) in [4.78, 5) is 12.9.